The average molecular weight is 463 g/mol. The van der Waals surface area contributed by atoms with Crippen molar-refractivity contribution in [3.8, 4) is 0 Å². The molecule has 2 heterocycles. The van der Waals surface area contributed by atoms with Crippen molar-refractivity contribution in [1.29, 1.82) is 0 Å². The van der Waals surface area contributed by atoms with Gasteiger partial charge in [0.25, 0.3) is 11.9 Å². The summed E-state index contributed by atoms with van der Waals surface area (Å²) in [5.74, 6) is -1.66. The molecule has 0 unspecified atom stereocenters. The molecule has 3 N–H and O–H groups in total. The van der Waals surface area contributed by atoms with Crippen LogP contribution in [0.25, 0.3) is 0 Å². The predicted octanol–water partition coefficient (Wildman–Crippen LogP) is 4.27. The number of halogens is 6. The Labute approximate surface area is 178 Å². The number of ether oxygens (including phenoxy) is 1. The van der Waals surface area contributed by atoms with Crippen LogP contribution in [0.1, 0.15) is 28.0 Å². The van der Waals surface area contributed by atoms with Gasteiger partial charge in [0.1, 0.15) is 23.7 Å². The number of carbonyl (C=O) groups is 1. The minimum absolute atomic E-state index is 0.00676. The van der Waals surface area contributed by atoms with Crippen molar-refractivity contribution >= 4 is 29.2 Å². The molecule has 12 heteroatoms. The lowest BCUT2D eigenvalue weighted by Crippen LogP contribution is -2.48. The van der Waals surface area contributed by atoms with E-state index in [4.69, 9.17) is 17.3 Å². The van der Waals surface area contributed by atoms with Gasteiger partial charge in [0.15, 0.2) is 6.10 Å². The summed E-state index contributed by atoms with van der Waals surface area (Å²) in [6.45, 7) is -0.162. The highest BCUT2D eigenvalue weighted by molar-refractivity contribution is 6.30. The minimum atomic E-state index is -4.88. The third-order valence-electron chi connectivity index (χ3n) is 4.67. The average Bonchev–Trinajstić information content (AvgIpc) is 2.69. The lowest BCUT2D eigenvalue weighted by atomic mass is 9.83. The standard InChI is InChI=1S/C19H16ClF5N4O2/c1-9-4-11(28-16(30)13-3-2-10(20)7-27-13)5-12(15(9)22)18(8-21)6-14(19(23,24)25)31-17(26)29-18/h2-5,7,14H,6,8H2,1H3,(H2,26,29)(H,28,30)/t14-,18+/m0/s1. The number of hydrogen-bond donors (Lipinski definition) is 2. The number of nitrogens with one attached hydrogen (secondary N) is 1. The van der Waals surface area contributed by atoms with Gasteiger partial charge in [0, 0.05) is 23.9 Å². The highest BCUT2D eigenvalue weighted by Crippen LogP contribution is 2.42. The number of nitrogens with zero attached hydrogens (tertiary/aromatic N) is 2. The molecule has 2 aromatic rings. The van der Waals surface area contributed by atoms with Gasteiger partial charge in [-0.05, 0) is 36.8 Å². The second-order valence-corrected chi connectivity index (χ2v) is 7.37. The zero-order chi connectivity index (χ0) is 23.0. The number of alkyl halides is 4. The van der Waals surface area contributed by atoms with Crippen molar-refractivity contribution in [1.82, 2.24) is 4.98 Å². The molecule has 6 nitrogen and oxygen atoms in total. The van der Waals surface area contributed by atoms with Crippen LogP contribution in [0.15, 0.2) is 35.5 Å². The summed E-state index contributed by atoms with van der Waals surface area (Å²) in [4.78, 5) is 19.9. The van der Waals surface area contributed by atoms with Gasteiger partial charge in [-0.2, -0.15) is 13.2 Å². The Bertz CT molecular complexity index is 1030. The highest BCUT2D eigenvalue weighted by Gasteiger charge is 2.52. The molecule has 1 aliphatic heterocycles. The normalized spacial score (nSPS) is 21.3. The lowest BCUT2D eigenvalue weighted by molar-refractivity contribution is -0.209. The Kier molecular flexibility index (Phi) is 6.08. The van der Waals surface area contributed by atoms with Crippen molar-refractivity contribution in [3.05, 3.63) is 58.1 Å². The van der Waals surface area contributed by atoms with E-state index < -0.39 is 54.2 Å². The van der Waals surface area contributed by atoms with Crippen LogP contribution in [0.3, 0.4) is 0 Å². The minimum Gasteiger partial charge on any atom is -0.452 e. The first-order valence-electron chi connectivity index (χ1n) is 8.83. The van der Waals surface area contributed by atoms with Crippen LogP contribution in [0.2, 0.25) is 5.02 Å². The number of aryl methyl sites for hydroxylation is 1. The Hall–Kier alpha value is -2.95. The van der Waals surface area contributed by atoms with Crippen LogP contribution in [-0.4, -0.2) is 35.9 Å². The van der Waals surface area contributed by atoms with E-state index in [1.54, 1.807) is 0 Å². The van der Waals surface area contributed by atoms with Gasteiger partial charge in [-0.1, -0.05) is 11.6 Å². The molecule has 3 rings (SSSR count). The van der Waals surface area contributed by atoms with Gasteiger partial charge in [0.2, 0.25) is 0 Å². The molecule has 31 heavy (non-hydrogen) atoms. The summed E-state index contributed by atoms with van der Waals surface area (Å²) in [6.07, 6.45) is -7.14. The van der Waals surface area contributed by atoms with Crippen LogP contribution in [0.4, 0.5) is 27.6 Å². The molecule has 1 aromatic carbocycles. The van der Waals surface area contributed by atoms with Crippen molar-refractivity contribution < 1.29 is 31.5 Å². The molecule has 166 valence electrons. The smallest absolute Gasteiger partial charge is 0.425 e. The molecule has 0 radical (unpaired) electrons. The Morgan fingerprint density at radius 1 is 1.39 bits per heavy atom. The molecular weight excluding hydrogens is 447 g/mol. The zero-order valence-electron chi connectivity index (χ0n) is 15.9. The summed E-state index contributed by atoms with van der Waals surface area (Å²) in [5, 5.41) is 2.75. The molecule has 0 bridgehead atoms. The van der Waals surface area contributed by atoms with Gasteiger partial charge in [-0.3, -0.25) is 4.79 Å². The number of carbonyl (C=O) groups excluding carboxylic acids is 1. The first kappa shape index (κ1) is 22.7. The van der Waals surface area contributed by atoms with E-state index in [2.05, 4.69) is 20.0 Å². The maximum Gasteiger partial charge on any atom is 0.425 e. The maximum absolute atomic E-state index is 14.9. The molecule has 0 spiro atoms. The molecule has 1 aromatic heterocycles. The number of pyridine rings is 1. The van der Waals surface area contributed by atoms with Crippen molar-refractivity contribution in [2.45, 2.75) is 31.2 Å². The van der Waals surface area contributed by atoms with E-state index in [1.165, 1.54) is 31.3 Å². The van der Waals surface area contributed by atoms with Crippen molar-refractivity contribution in [3.63, 3.8) is 0 Å². The topological polar surface area (TPSA) is 89.6 Å². The Morgan fingerprint density at radius 3 is 2.68 bits per heavy atom. The quantitative estimate of drug-likeness (QED) is 0.664. The fourth-order valence-electron chi connectivity index (χ4n) is 3.17. The number of nitrogens with two attached hydrogens (primary N) is 1. The van der Waals surface area contributed by atoms with Gasteiger partial charge in [-0.15, -0.1) is 0 Å². The van der Waals surface area contributed by atoms with Gasteiger partial charge >= 0.3 is 6.18 Å². The van der Waals surface area contributed by atoms with E-state index in [-0.39, 0.29) is 16.9 Å². The summed E-state index contributed by atoms with van der Waals surface area (Å²) in [7, 11) is 0. The molecule has 1 amide bonds. The first-order valence-corrected chi connectivity index (χ1v) is 9.21. The second-order valence-electron chi connectivity index (χ2n) is 6.94. The van der Waals surface area contributed by atoms with E-state index >= 15 is 0 Å². The number of amidine groups is 1. The molecule has 0 saturated heterocycles. The Morgan fingerprint density at radius 2 is 2.10 bits per heavy atom. The van der Waals surface area contributed by atoms with Crippen LogP contribution in [-0.2, 0) is 10.3 Å². The van der Waals surface area contributed by atoms with Crippen LogP contribution >= 0.6 is 11.6 Å². The third kappa shape index (κ3) is 4.71. The van der Waals surface area contributed by atoms with Gasteiger partial charge in [-0.25, -0.2) is 18.8 Å². The second kappa shape index (κ2) is 8.29. The number of rotatable bonds is 4. The first-order chi connectivity index (χ1) is 14.4. The van der Waals surface area contributed by atoms with Crippen molar-refractivity contribution in [2.24, 2.45) is 10.7 Å². The summed E-state index contributed by atoms with van der Waals surface area (Å²) in [5.41, 5.74) is 2.53. The fraction of sp³-hybridized carbons (Fsp3) is 0.316. The number of aromatic nitrogens is 1. The van der Waals surface area contributed by atoms with E-state index in [9.17, 15) is 26.7 Å². The van der Waals surface area contributed by atoms with Crippen LogP contribution in [0, 0.1) is 12.7 Å². The van der Waals surface area contributed by atoms with E-state index in [0.717, 1.165) is 6.07 Å². The number of amides is 1. The molecule has 2 atom stereocenters. The zero-order valence-corrected chi connectivity index (χ0v) is 16.7. The van der Waals surface area contributed by atoms with Crippen molar-refractivity contribution in [2.75, 3.05) is 12.0 Å². The summed E-state index contributed by atoms with van der Waals surface area (Å²) >= 11 is 5.72. The molecular formula is C19H16ClF5N4O2. The number of hydrogen-bond acceptors (Lipinski definition) is 5. The van der Waals surface area contributed by atoms with Crippen LogP contribution < -0.4 is 11.1 Å². The number of aliphatic imine (C=N–C) groups is 1. The molecule has 0 fully saturated rings. The molecule has 0 aliphatic carbocycles. The molecule has 0 saturated carbocycles. The van der Waals surface area contributed by atoms with E-state index in [1.807, 2.05) is 0 Å². The highest BCUT2D eigenvalue weighted by atomic mass is 35.5. The fourth-order valence-corrected chi connectivity index (χ4v) is 3.28. The number of benzene rings is 1. The molecule has 1 aliphatic rings. The van der Waals surface area contributed by atoms with Crippen LogP contribution in [0.5, 0.6) is 0 Å². The van der Waals surface area contributed by atoms with Gasteiger partial charge < -0.3 is 15.8 Å². The Balaban J connectivity index is 2.02. The van der Waals surface area contributed by atoms with E-state index in [0.29, 0.717) is 5.02 Å². The lowest BCUT2D eigenvalue weighted by Gasteiger charge is -2.37. The largest absolute Gasteiger partial charge is 0.452 e. The van der Waals surface area contributed by atoms with Gasteiger partial charge in [0.05, 0.1) is 5.02 Å². The third-order valence-corrected chi connectivity index (χ3v) is 4.89. The predicted molar refractivity (Wildman–Crippen MR) is 103 cm³/mol. The number of anilines is 1. The summed E-state index contributed by atoms with van der Waals surface area (Å²) in [6, 6.07) is 4.12. The summed E-state index contributed by atoms with van der Waals surface area (Å²) < 4.78 is 73.2. The SMILES string of the molecule is Cc1cc(NC(=O)c2ccc(Cl)cn2)cc([C@]2(CF)C[C@@H](C(F)(F)F)OC(N)=N2)c1F. The maximum atomic E-state index is 14.9. The monoisotopic (exact) mass is 462 g/mol.